The van der Waals surface area contributed by atoms with Gasteiger partial charge >= 0.3 is 13.6 Å². The monoisotopic (exact) mass is 385 g/mol. The van der Waals surface area contributed by atoms with Crippen molar-refractivity contribution >= 4 is 25.2 Å². The molecule has 25 heavy (non-hydrogen) atoms. The van der Waals surface area contributed by atoms with Crippen molar-refractivity contribution in [1.82, 2.24) is 4.98 Å². The van der Waals surface area contributed by atoms with Crippen molar-refractivity contribution in [2.75, 3.05) is 20.8 Å². The van der Waals surface area contributed by atoms with E-state index in [1.165, 1.54) is 20.4 Å². The number of benzene rings is 1. The maximum atomic E-state index is 12.7. The Morgan fingerprint density at radius 2 is 1.84 bits per heavy atom. The van der Waals surface area contributed by atoms with Gasteiger partial charge in [-0.2, -0.15) is 0 Å². The van der Waals surface area contributed by atoms with Crippen LogP contribution in [-0.4, -0.2) is 31.8 Å². The molecule has 1 heterocycles. The lowest BCUT2D eigenvalue weighted by molar-refractivity contribution is -0.149. The van der Waals surface area contributed by atoms with Crippen LogP contribution in [0.5, 0.6) is 5.75 Å². The maximum absolute atomic E-state index is 12.7. The number of carbonyl (C=O) groups is 1. The first-order valence-corrected chi connectivity index (χ1v) is 9.17. The first-order chi connectivity index (χ1) is 12.0. The Morgan fingerprint density at radius 1 is 1.16 bits per heavy atom. The highest BCUT2D eigenvalue weighted by atomic mass is 35.5. The van der Waals surface area contributed by atoms with Crippen molar-refractivity contribution in [2.45, 2.75) is 5.85 Å². The summed E-state index contributed by atoms with van der Waals surface area (Å²) in [7, 11) is -1.33. The summed E-state index contributed by atoms with van der Waals surface area (Å²) in [5.74, 6) is -1.61. The topological polar surface area (TPSA) is 84.0 Å². The minimum atomic E-state index is -3.75. The van der Waals surface area contributed by atoms with Crippen LogP contribution in [0.15, 0.2) is 48.7 Å². The van der Waals surface area contributed by atoms with Crippen LogP contribution in [0.25, 0.3) is 0 Å². The second-order valence-corrected chi connectivity index (χ2v) is 7.46. The van der Waals surface area contributed by atoms with E-state index in [-0.39, 0.29) is 5.69 Å². The fraction of sp³-hybridized carbons (Fsp3) is 0.250. The number of rotatable bonds is 8. The summed E-state index contributed by atoms with van der Waals surface area (Å²) >= 11 is 5.78. The van der Waals surface area contributed by atoms with E-state index in [1.807, 2.05) is 0 Å². The standard InChI is InChI=1S/C16H17ClNO6P/c1-21-25(20,22-2)16(14-5-3-4-10-18-14)24-15(19)11-23-13-8-6-12(17)7-9-13/h3-10,16H,11H2,1-2H3. The molecule has 0 bridgehead atoms. The number of pyridine rings is 1. The normalized spacial score (nSPS) is 12.4. The van der Waals surface area contributed by atoms with Gasteiger partial charge in [-0.15, -0.1) is 0 Å². The number of halogens is 1. The summed E-state index contributed by atoms with van der Waals surface area (Å²) < 4.78 is 33.1. The van der Waals surface area contributed by atoms with Gasteiger partial charge in [0.25, 0.3) is 0 Å². The van der Waals surface area contributed by atoms with Crippen LogP contribution in [0.3, 0.4) is 0 Å². The third kappa shape index (κ3) is 5.28. The lowest BCUT2D eigenvalue weighted by Gasteiger charge is -2.23. The van der Waals surface area contributed by atoms with E-state index in [4.69, 9.17) is 30.1 Å². The SMILES string of the molecule is COP(=O)(OC)C(OC(=O)COc1ccc(Cl)cc1)c1ccccn1. The van der Waals surface area contributed by atoms with E-state index < -0.39 is 26.0 Å². The Balaban J connectivity index is 2.09. The van der Waals surface area contributed by atoms with Gasteiger partial charge in [0.2, 0.25) is 5.85 Å². The molecule has 1 aromatic heterocycles. The molecule has 1 unspecified atom stereocenters. The van der Waals surface area contributed by atoms with E-state index in [0.717, 1.165) is 0 Å². The Hall–Kier alpha value is -1.92. The third-order valence-corrected chi connectivity index (χ3v) is 5.36. The first kappa shape index (κ1) is 19.4. The molecular weight excluding hydrogens is 369 g/mol. The number of esters is 1. The highest BCUT2D eigenvalue weighted by Gasteiger charge is 2.40. The van der Waals surface area contributed by atoms with Crippen LogP contribution in [0.1, 0.15) is 11.5 Å². The quantitative estimate of drug-likeness (QED) is 0.504. The first-order valence-electron chi connectivity index (χ1n) is 7.18. The average Bonchev–Trinajstić information content (AvgIpc) is 2.65. The zero-order valence-corrected chi connectivity index (χ0v) is 15.3. The fourth-order valence-electron chi connectivity index (χ4n) is 1.91. The molecule has 0 radical (unpaired) electrons. The molecule has 0 saturated carbocycles. The van der Waals surface area contributed by atoms with Gasteiger partial charge in [-0.05, 0) is 36.4 Å². The van der Waals surface area contributed by atoms with E-state index in [2.05, 4.69) is 4.98 Å². The van der Waals surface area contributed by atoms with E-state index in [1.54, 1.807) is 42.5 Å². The van der Waals surface area contributed by atoms with Crippen molar-refractivity contribution in [3.8, 4) is 5.75 Å². The molecule has 7 nitrogen and oxygen atoms in total. The molecule has 0 aliphatic rings. The van der Waals surface area contributed by atoms with Crippen LogP contribution in [-0.2, 0) is 23.1 Å². The van der Waals surface area contributed by atoms with Crippen molar-refractivity contribution in [3.05, 3.63) is 59.4 Å². The summed E-state index contributed by atoms with van der Waals surface area (Å²) in [4.78, 5) is 16.2. The van der Waals surface area contributed by atoms with Crippen LogP contribution < -0.4 is 4.74 Å². The lowest BCUT2D eigenvalue weighted by Crippen LogP contribution is -2.20. The van der Waals surface area contributed by atoms with Gasteiger partial charge < -0.3 is 18.5 Å². The minimum absolute atomic E-state index is 0.245. The Labute approximate surface area is 150 Å². The number of carbonyl (C=O) groups excluding carboxylic acids is 1. The van der Waals surface area contributed by atoms with Crippen LogP contribution in [0.4, 0.5) is 0 Å². The largest absolute Gasteiger partial charge is 0.482 e. The summed E-state index contributed by atoms with van der Waals surface area (Å²) in [5.41, 5.74) is 0.245. The van der Waals surface area contributed by atoms with Gasteiger partial charge in [0.05, 0.1) is 5.69 Å². The molecule has 0 aliphatic carbocycles. The van der Waals surface area contributed by atoms with E-state index in [0.29, 0.717) is 10.8 Å². The minimum Gasteiger partial charge on any atom is -0.482 e. The summed E-state index contributed by atoms with van der Waals surface area (Å²) in [6.45, 7) is -0.390. The van der Waals surface area contributed by atoms with Crippen LogP contribution >= 0.6 is 19.2 Å². The molecule has 134 valence electrons. The molecule has 2 aromatic rings. The van der Waals surface area contributed by atoms with Gasteiger partial charge in [0, 0.05) is 25.4 Å². The van der Waals surface area contributed by atoms with E-state index >= 15 is 0 Å². The van der Waals surface area contributed by atoms with Crippen LogP contribution in [0, 0.1) is 0 Å². The molecule has 0 saturated heterocycles. The molecule has 0 N–H and O–H groups in total. The average molecular weight is 386 g/mol. The molecule has 0 aliphatic heterocycles. The van der Waals surface area contributed by atoms with Crippen LogP contribution in [0.2, 0.25) is 5.02 Å². The molecular formula is C16H17ClNO6P. The third-order valence-electron chi connectivity index (χ3n) is 3.15. The van der Waals surface area contributed by atoms with E-state index in [9.17, 15) is 9.36 Å². The van der Waals surface area contributed by atoms with Crippen molar-refractivity contribution < 1.29 is 27.9 Å². The summed E-state index contributed by atoms with van der Waals surface area (Å²) in [6, 6.07) is 11.4. The highest BCUT2D eigenvalue weighted by Crippen LogP contribution is 2.60. The van der Waals surface area contributed by atoms with Gasteiger partial charge in [-0.1, -0.05) is 17.7 Å². The maximum Gasteiger partial charge on any atom is 0.376 e. The molecule has 0 amide bonds. The molecule has 2 rings (SSSR count). The van der Waals surface area contributed by atoms with Crippen molar-refractivity contribution in [1.29, 1.82) is 0 Å². The van der Waals surface area contributed by atoms with Crippen molar-refractivity contribution in [2.24, 2.45) is 0 Å². The van der Waals surface area contributed by atoms with Gasteiger partial charge in [-0.3, -0.25) is 9.55 Å². The molecule has 0 spiro atoms. The smallest absolute Gasteiger partial charge is 0.376 e. The molecule has 1 atom stereocenters. The number of ether oxygens (including phenoxy) is 2. The Bertz CT molecular complexity index is 732. The fourth-order valence-corrected chi connectivity index (χ4v) is 3.29. The summed E-state index contributed by atoms with van der Waals surface area (Å²) in [5, 5.41) is 0.547. The number of nitrogens with zero attached hydrogens (tertiary/aromatic N) is 1. The zero-order valence-electron chi connectivity index (χ0n) is 13.6. The number of hydrogen-bond donors (Lipinski definition) is 0. The predicted octanol–water partition coefficient (Wildman–Crippen LogP) is 3.84. The Morgan fingerprint density at radius 3 is 2.40 bits per heavy atom. The second-order valence-electron chi connectivity index (χ2n) is 4.74. The van der Waals surface area contributed by atoms with Gasteiger partial charge in [0.15, 0.2) is 6.61 Å². The van der Waals surface area contributed by atoms with Gasteiger partial charge in [-0.25, -0.2) is 4.79 Å². The Kier molecular flexibility index (Phi) is 6.96. The summed E-state index contributed by atoms with van der Waals surface area (Å²) in [6.07, 6.45) is 1.48. The molecule has 9 heteroatoms. The molecule has 0 fully saturated rings. The predicted molar refractivity (Wildman–Crippen MR) is 91.6 cm³/mol. The molecule has 1 aromatic carbocycles. The lowest BCUT2D eigenvalue weighted by atomic mass is 10.3. The number of hydrogen-bond acceptors (Lipinski definition) is 7. The van der Waals surface area contributed by atoms with Crippen molar-refractivity contribution in [3.63, 3.8) is 0 Å². The highest BCUT2D eigenvalue weighted by molar-refractivity contribution is 7.54. The zero-order chi connectivity index (χ0) is 18.3. The second kappa shape index (κ2) is 8.97. The number of aromatic nitrogens is 1. The van der Waals surface area contributed by atoms with Gasteiger partial charge in [0.1, 0.15) is 5.75 Å².